The van der Waals surface area contributed by atoms with Crippen molar-refractivity contribution in [3.63, 3.8) is 0 Å². The summed E-state index contributed by atoms with van der Waals surface area (Å²) in [6.45, 7) is -0.232. The maximum absolute atomic E-state index is 9.62. The first kappa shape index (κ1) is 11.7. The van der Waals surface area contributed by atoms with E-state index < -0.39 is 12.2 Å². The summed E-state index contributed by atoms with van der Waals surface area (Å²) in [6.07, 6.45) is -1.03. The topological polar surface area (TPSA) is 102 Å². The maximum Gasteiger partial charge on any atom is 0.123 e. The molecule has 6 nitrogen and oxygen atoms in total. The number of aromatic nitrogens is 1. The van der Waals surface area contributed by atoms with Gasteiger partial charge in [-0.15, -0.1) is 0 Å². The fourth-order valence-electron chi connectivity index (χ4n) is 1.02. The van der Waals surface area contributed by atoms with Crippen molar-refractivity contribution in [1.29, 1.82) is 0 Å². The number of hydrogen-bond acceptors (Lipinski definition) is 4. The molecule has 0 fully saturated rings. The Hall–Kier alpha value is -1.33. The molecular weight excluding hydrogens is 220 g/mol. The van der Waals surface area contributed by atoms with Gasteiger partial charge in [0.25, 0.3) is 0 Å². The SMILES string of the molecule is [N-]=[N+]=NCC(O)C(O)c1ncccc1Cl. The Morgan fingerprint density at radius 3 is 2.93 bits per heavy atom. The van der Waals surface area contributed by atoms with Crippen molar-refractivity contribution in [2.75, 3.05) is 6.54 Å². The summed E-state index contributed by atoms with van der Waals surface area (Å²) >= 11 is 5.76. The summed E-state index contributed by atoms with van der Waals surface area (Å²) < 4.78 is 0. The van der Waals surface area contributed by atoms with E-state index in [1.54, 1.807) is 12.1 Å². The monoisotopic (exact) mass is 228 g/mol. The fraction of sp³-hybridized carbons (Fsp3) is 0.375. The summed E-state index contributed by atoms with van der Waals surface area (Å²) in [4.78, 5) is 6.31. The Bertz CT molecular complexity index is 381. The highest BCUT2D eigenvalue weighted by Crippen LogP contribution is 2.22. The lowest BCUT2D eigenvalue weighted by Gasteiger charge is -2.15. The lowest BCUT2D eigenvalue weighted by atomic mass is 10.1. The molecule has 0 bridgehead atoms. The zero-order chi connectivity index (χ0) is 11.3. The minimum atomic E-state index is -1.26. The molecule has 1 heterocycles. The van der Waals surface area contributed by atoms with Crippen LogP contribution in [0.3, 0.4) is 0 Å². The van der Waals surface area contributed by atoms with E-state index in [4.69, 9.17) is 17.1 Å². The maximum atomic E-state index is 9.62. The van der Waals surface area contributed by atoms with Gasteiger partial charge in [0, 0.05) is 11.1 Å². The highest BCUT2D eigenvalue weighted by Gasteiger charge is 2.20. The second-order valence-corrected chi connectivity index (χ2v) is 3.20. The van der Waals surface area contributed by atoms with Gasteiger partial charge in [-0.1, -0.05) is 16.7 Å². The number of aliphatic hydroxyl groups is 2. The summed E-state index contributed by atoms with van der Waals surface area (Å²) in [5, 5.41) is 22.4. The van der Waals surface area contributed by atoms with Crippen LogP contribution in [-0.4, -0.2) is 27.8 Å². The van der Waals surface area contributed by atoms with Crippen LogP contribution >= 0.6 is 11.6 Å². The van der Waals surface area contributed by atoms with Gasteiger partial charge in [0.2, 0.25) is 0 Å². The van der Waals surface area contributed by atoms with Gasteiger partial charge in [0.15, 0.2) is 0 Å². The van der Waals surface area contributed by atoms with Gasteiger partial charge in [0.1, 0.15) is 6.10 Å². The highest BCUT2D eigenvalue weighted by atomic mass is 35.5. The predicted molar refractivity (Wildman–Crippen MR) is 54.2 cm³/mol. The number of azide groups is 1. The first-order chi connectivity index (χ1) is 7.16. The first-order valence-electron chi connectivity index (χ1n) is 4.14. The molecule has 0 aliphatic heterocycles. The van der Waals surface area contributed by atoms with Crippen LogP contribution in [0.5, 0.6) is 0 Å². The van der Waals surface area contributed by atoms with Crippen molar-refractivity contribution in [2.24, 2.45) is 5.11 Å². The van der Waals surface area contributed by atoms with Crippen molar-refractivity contribution in [2.45, 2.75) is 12.2 Å². The standard InChI is InChI=1S/C8H9ClN4O2/c9-5-2-1-3-11-7(5)8(15)6(14)4-12-13-10/h1-3,6,8,14-15H,4H2. The number of halogens is 1. The summed E-state index contributed by atoms with van der Waals surface area (Å²) in [6, 6.07) is 3.16. The second kappa shape index (κ2) is 5.53. The Morgan fingerprint density at radius 1 is 1.60 bits per heavy atom. The molecule has 15 heavy (non-hydrogen) atoms. The van der Waals surface area contributed by atoms with Crippen LogP contribution in [0.4, 0.5) is 0 Å². The lowest BCUT2D eigenvalue weighted by Crippen LogP contribution is -2.22. The summed E-state index contributed by atoms with van der Waals surface area (Å²) in [5.41, 5.74) is 8.21. The molecule has 0 saturated heterocycles. The molecule has 0 aliphatic carbocycles. The van der Waals surface area contributed by atoms with Crippen LogP contribution in [-0.2, 0) is 0 Å². The van der Waals surface area contributed by atoms with E-state index in [-0.39, 0.29) is 17.3 Å². The lowest BCUT2D eigenvalue weighted by molar-refractivity contribution is 0.0218. The van der Waals surface area contributed by atoms with E-state index >= 15 is 0 Å². The van der Waals surface area contributed by atoms with E-state index in [0.29, 0.717) is 0 Å². The van der Waals surface area contributed by atoms with Crippen molar-refractivity contribution in [3.8, 4) is 0 Å². The van der Waals surface area contributed by atoms with E-state index in [2.05, 4.69) is 15.0 Å². The normalized spacial score (nSPS) is 14.1. The summed E-state index contributed by atoms with van der Waals surface area (Å²) in [5.74, 6) is 0. The average molecular weight is 229 g/mol. The van der Waals surface area contributed by atoms with Gasteiger partial charge in [-0.2, -0.15) is 0 Å². The molecule has 1 aromatic rings. The molecule has 1 aromatic heterocycles. The third-order valence-corrected chi connectivity index (χ3v) is 2.08. The van der Waals surface area contributed by atoms with Crippen LogP contribution in [0.25, 0.3) is 10.4 Å². The van der Waals surface area contributed by atoms with Gasteiger partial charge >= 0.3 is 0 Å². The third kappa shape index (κ3) is 3.07. The Balaban J connectivity index is 2.79. The number of aliphatic hydroxyl groups excluding tert-OH is 2. The second-order valence-electron chi connectivity index (χ2n) is 2.80. The summed E-state index contributed by atoms with van der Waals surface area (Å²) in [7, 11) is 0. The molecule has 0 radical (unpaired) electrons. The van der Waals surface area contributed by atoms with Crippen LogP contribution in [0.2, 0.25) is 5.02 Å². The Morgan fingerprint density at radius 2 is 2.33 bits per heavy atom. The quantitative estimate of drug-likeness (QED) is 0.463. The van der Waals surface area contributed by atoms with E-state index in [1.165, 1.54) is 6.20 Å². The zero-order valence-electron chi connectivity index (χ0n) is 7.66. The van der Waals surface area contributed by atoms with Gasteiger partial charge in [0.05, 0.1) is 23.4 Å². The van der Waals surface area contributed by atoms with E-state index in [9.17, 15) is 10.2 Å². The Kier molecular flexibility index (Phi) is 4.33. The molecule has 2 unspecified atom stereocenters. The number of hydrogen-bond donors (Lipinski definition) is 2. The van der Waals surface area contributed by atoms with E-state index in [1.807, 2.05) is 0 Å². The molecule has 0 saturated carbocycles. The highest BCUT2D eigenvalue weighted by molar-refractivity contribution is 6.31. The minimum absolute atomic E-state index is 0.166. The molecule has 2 atom stereocenters. The molecule has 80 valence electrons. The number of nitrogens with zero attached hydrogens (tertiary/aromatic N) is 4. The zero-order valence-corrected chi connectivity index (χ0v) is 8.41. The van der Waals surface area contributed by atoms with Crippen molar-refractivity contribution >= 4 is 11.6 Å². The minimum Gasteiger partial charge on any atom is -0.390 e. The molecule has 0 aliphatic rings. The number of rotatable bonds is 4. The van der Waals surface area contributed by atoms with Crippen molar-refractivity contribution in [1.82, 2.24) is 4.98 Å². The number of pyridine rings is 1. The molecule has 7 heteroatoms. The van der Waals surface area contributed by atoms with E-state index in [0.717, 1.165) is 0 Å². The van der Waals surface area contributed by atoms with Crippen LogP contribution in [0.1, 0.15) is 11.8 Å². The molecular formula is C8H9ClN4O2. The Labute approximate surface area is 90.8 Å². The molecule has 2 N–H and O–H groups in total. The van der Waals surface area contributed by atoms with Crippen molar-refractivity contribution in [3.05, 3.63) is 39.5 Å². The van der Waals surface area contributed by atoms with Crippen LogP contribution in [0, 0.1) is 0 Å². The van der Waals surface area contributed by atoms with Gasteiger partial charge in [-0.25, -0.2) is 0 Å². The molecule has 0 amide bonds. The third-order valence-electron chi connectivity index (χ3n) is 1.76. The predicted octanol–water partition coefficient (Wildman–Crippen LogP) is 1.44. The smallest absolute Gasteiger partial charge is 0.123 e. The van der Waals surface area contributed by atoms with Gasteiger partial charge < -0.3 is 10.2 Å². The first-order valence-corrected chi connectivity index (χ1v) is 4.52. The van der Waals surface area contributed by atoms with Crippen molar-refractivity contribution < 1.29 is 10.2 Å². The van der Waals surface area contributed by atoms with Crippen LogP contribution in [0.15, 0.2) is 23.4 Å². The molecule has 0 spiro atoms. The van der Waals surface area contributed by atoms with Crippen LogP contribution < -0.4 is 0 Å². The van der Waals surface area contributed by atoms with Gasteiger partial charge in [-0.3, -0.25) is 4.98 Å². The average Bonchev–Trinajstić information content (AvgIpc) is 2.25. The molecule has 1 rings (SSSR count). The van der Waals surface area contributed by atoms with Gasteiger partial charge in [-0.05, 0) is 17.7 Å². The largest absolute Gasteiger partial charge is 0.390 e. The molecule has 0 aromatic carbocycles. The fourth-order valence-corrected chi connectivity index (χ4v) is 1.25.